The average Bonchev–Trinajstić information content (AvgIpc) is 2.59. The number of rotatable bonds is 7. The van der Waals surface area contributed by atoms with E-state index in [0.29, 0.717) is 0 Å². The molecular weight excluding hydrogens is 340 g/mol. The Bertz CT molecular complexity index is 846. The van der Waals surface area contributed by atoms with E-state index in [4.69, 9.17) is 10.8 Å². The van der Waals surface area contributed by atoms with E-state index in [0.717, 1.165) is 11.1 Å². The van der Waals surface area contributed by atoms with Gasteiger partial charge in [-0.15, -0.1) is 0 Å². The van der Waals surface area contributed by atoms with Crippen LogP contribution in [-0.2, 0) is 14.8 Å². The number of carboxylic acids is 1. The number of carboxylic acid groups (broad SMARTS) is 1. The van der Waals surface area contributed by atoms with E-state index in [1.54, 1.807) is 18.2 Å². The first-order chi connectivity index (χ1) is 11.8. The van der Waals surface area contributed by atoms with Gasteiger partial charge in [0.05, 0.1) is 10.9 Å². The van der Waals surface area contributed by atoms with Gasteiger partial charge in [-0.2, -0.15) is 0 Å². The van der Waals surface area contributed by atoms with Gasteiger partial charge in [0.25, 0.3) is 0 Å². The minimum Gasteiger partial charge on any atom is -0.480 e. The molecule has 0 unspecified atom stereocenters. The van der Waals surface area contributed by atoms with E-state index >= 15 is 0 Å². The van der Waals surface area contributed by atoms with E-state index in [2.05, 4.69) is 4.72 Å². The Kier molecular flexibility index (Phi) is 6.08. The molecule has 2 aromatic rings. The summed E-state index contributed by atoms with van der Waals surface area (Å²) in [6.45, 7) is 1.84. The van der Waals surface area contributed by atoms with Crippen LogP contribution < -0.4 is 10.5 Å². The van der Waals surface area contributed by atoms with Gasteiger partial charge < -0.3 is 10.8 Å². The molecule has 0 saturated heterocycles. The highest BCUT2D eigenvalue weighted by molar-refractivity contribution is 7.89. The van der Waals surface area contributed by atoms with E-state index in [9.17, 15) is 13.2 Å². The van der Waals surface area contributed by atoms with Crippen molar-refractivity contribution in [3.8, 4) is 0 Å². The molecule has 0 bridgehead atoms. The Morgan fingerprint density at radius 3 is 2.28 bits per heavy atom. The fraction of sp³-hybridized carbons (Fsp3) is 0.167. The molecule has 4 N–H and O–H groups in total. The van der Waals surface area contributed by atoms with Gasteiger partial charge in [-0.05, 0) is 24.6 Å². The molecular formula is C18H20N2O4S. The fourth-order valence-electron chi connectivity index (χ4n) is 2.13. The van der Waals surface area contributed by atoms with Gasteiger partial charge in [0, 0.05) is 0 Å². The largest absolute Gasteiger partial charge is 0.480 e. The van der Waals surface area contributed by atoms with Crippen LogP contribution in [0.25, 0.3) is 6.08 Å². The van der Waals surface area contributed by atoms with Crippen molar-refractivity contribution in [1.82, 2.24) is 4.72 Å². The van der Waals surface area contributed by atoms with Gasteiger partial charge in [0.15, 0.2) is 0 Å². The molecule has 0 spiro atoms. The summed E-state index contributed by atoms with van der Waals surface area (Å²) in [5.74, 6) is -1.30. The smallest absolute Gasteiger partial charge is 0.322 e. The lowest BCUT2D eigenvalue weighted by Crippen LogP contribution is -2.50. The Balaban J connectivity index is 2.28. The number of nitrogens with two attached hydrogens (primary N) is 1. The minimum absolute atomic E-state index is 0.0498. The Morgan fingerprint density at radius 2 is 1.72 bits per heavy atom. The van der Waals surface area contributed by atoms with Crippen LogP contribution in [0.1, 0.15) is 11.1 Å². The number of benzene rings is 2. The lowest BCUT2D eigenvalue weighted by Gasteiger charge is -2.19. The van der Waals surface area contributed by atoms with Crippen molar-refractivity contribution in [2.24, 2.45) is 5.73 Å². The molecule has 0 aliphatic carbocycles. The molecule has 6 nitrogen and oxygen atoms in total. The minimum atomic E-state index is -3.90. The van der Waals surface area contributed by atoms with Crippen LogP contribution in [0, 0.1) is 6.92 Å². The highest BCUT2D eigenvalue weighted by atomic mass is 32.2. The van der Waals surface area contributed by atoms with Crippen LogP contribution in [0.15, 0.2) is 65.6 Å². The van der Waals surface area contributed by atoms with Crippen molar-refractivity contribution in [1.29, 1.82) is 0 Å². The van der Waals surface area contributed by atoms with Crippen LogP contribution in [0.5, 0.6) is 0 Å². The molecule has 2 aromatic carbocycles. The molecule has 0 saturated carbocycles. The van der Waals surface area contributed by atoms with Crippen molar-refractivity contribution in [3.05, 3.63) is 71.8 Å². The standard InChI is InChI=1S/C18H20N2O4S/c1-13-7-10-15(11-8-13)25(23,24)20-16(17(19)18(21)22)12-9-14-5-3-2-4-6-14/h2-12,16-17,20H,19H2,1H3,(H,21,22)/b12-9+/t16-,17-/m1/s1. The number of aryl methyl sites for hydroxylation is 1. The molecule has 2 atom stereocenters. The zero-order chi connectivity index (χ0) is 18.4. The summed E-state index contributed by atoms with van der Waals surface area (Å²) >= 11 is 0. The molecule has 0 fully saturated rings. The Hall–Kier alpha value is -2.48. The lowest BCUT2D eigenvalue weighted by atomic mass is 10.1. The zero-order valence-corrected chi connectivity index (χ0v) is 14.5. The normalized spacial score (nSPS) is 14.3. The third-order valence-corrected chi connectivity index (χ3v) is 5.07. The van der Waals surface area contributed by atoms with E-state index < -0.39 is 28.1 Å². The first-order valence-electron chi connectivity index (χ1n) is 7.60. The Morgan fingerprint density at radius 1 is 1.12 bits per heavy atom. The maximum Gasteiger partial charge on any atom is 0.322 e. The number of aliphatic carboxylic acids is 1. The molecule has 132 valence electrons. The second-order valence-electron chi connectivity index (χ2n) is 5.59. The van der Waals surface area contributed by atoms with Gasteiger partial charge in [-0.25, -0.2) is 13.1 Å². The maximum absolute atomic E-state index is 12.5. The predicted molar refractivity (Wildman–Crippen MR) is 96.4 cm³/mol. The molecule has 0 aromatic heterocycles. The summed E-state index contributed by atoms with van der Waals surface area (Å²) in [7, 11) is -3.90. The first kappa shape index (κ1) is 18.9. The number of hydrogen-bond donors (Lipinski definition) is 3. The van der Waals surface area contributed by atoms with Gasteiger partial charge in [-0.3, -0.25) is 4.79 Å². The van der Waals surface area contributed by atoms with Gasteiger partial charge >= 0.3 is 5.97 Å². The highest BCUT2D eigenvalue weighted by Crippen LogP contribution is 2.12. The van der Waals surface area contributed by atoms with E-state index in [1.807, 2.05) is 37.3 Å². The fourth-order valence-corrected chi connectivity index (χ4v) is 3.34. The maximum atomic E-state index is 12.5. The SMILES string of the molecule is Cc1ccc(S(=O)(=O)N[C@H](/C=C/c2ccccc2)[C@@H](N)C(=O)O)cc1. The van der Waals surface area contributed by atoms with Crippen LogP contribution in [-0.4, -0.2) is 31.6 Å². The molecule has 0 radical (unpaired) electrons. The Labute approximate surface area is 147 Å². The third kappa shape index (κ3) is 5.25. The highest BCUT2D eigenvalue weighted by Gasteiger charge is 2.27. The quantitative estimate of drug-likeness (QED) is 0.697. The van der Waals surface area contributed by atoms with Gasteiger partial charge in [-0.1, -0.05) is 60.2 Å². The number of sulfonamides is 1. The molecule has 0 aliphatic rings. The predicted octanol–water partition coefficient (Wildman–Crippen LogP) is 1.77. The van der Waals surface area contributed by atoms with E-state index in [1.165, 1.54) is 18.2 Å². The van der Waals surface area contributed by atoms with Crippen molar-refractivity contribution < 1.29 is 18.3 Å². The average molecular weight is 360 g/mol. The number of nitrogens with one attached hydrogen (secondary N) is 1. The zero-order valence-electron chi connectivity index (χ0n) is 13.7. The van der Waals surface area contributed by atoms with E-state index in [-0.39, 0.29) is 4.90 Å². The molecule has 0 amide bonds. The van der Waals surface area contributed by atoms with Crippen molar-refractivity contribution in [2.45, 2.75) is 23.9 Å². The van der Waals surface area contributed by atoms with Crippen molar-refractivity contribution in [2.75, 3.05) is 0 Å². The van der Waals surface area contributed by atoms with Gasteiger partial charge in [0.1, 0.15) is 6.04 Å². The first-order valence-corrected chi connectivity index (χ1v) is 9.08. The van der Waals surface area contributed by atoms with Crippen molar-refractivity contribution >= 4 is 22.1 Å². The van der Waals surface area contributed by atoms with Crippen molar-refractivity contribution in [3.63, 3.8) is 0 Å². The summed E-state index contributed by atoms with van der Waals surface area (Å²) in [6, 6.07) is 12.9. The molecule has 25 heavy (non-hydrogen) atoms. The molecule has 2 rings (SSSR count). The van der Waals surface area contributed by atoms with Crippen LogP contribution >= 0.6 is 0 Å². The summed E-state index contributed by atoms with van der Waals surface area (Å²) in [5.41, 5.74) is 7.38. The van der Waals surface area contributed by atoms with Crippen LogP contribution in [0.4, 0.5) is 0 Å². The lowest BCUT2D eigenvalue weighted by molar-refractivity contribution is -0.138. The number of hydrogen-bond acceptors (Lipinski definition) is 4. The number of carbonyl (C=O) groups is 1. The second-order valence-corrected chi connectivity index (χ2v) is 7.31. The monoisotopic (exact) mass is 360 g/mol. The summed E-state index contributed by atoms with van der Waals surface area (Å²) in [6.07, 6.45) is 3.07. The topological polar surface area (TPSA) is 109 Å². The summed E-state index contributed by atoms with van der Waals surface area (Å²) in [5, 5.41) is 9.16. The van der Waals surface area contributed by atoms with Crippen LogP contribution in [0.3, 0.4) is 0 Å². The molecule has 0 aliphatic heterocycles. The second kappa shape index (κ2) is 8.06. The van der Waals surface area contributed by atoms with Gasteiger partial charge in [0.2, 0.25) is 10.0 Å². The molecule has 7 heteroatoms. The third-order valence-electron chi connectivity index (χ3n) is 3.59. The molecule has 0 heterocycles. The van der Waals surface area contributed by atoms with Crippen LogP contribution in [0.2, 0.25) is 0 Å². The summed E-state index contributed by atoms with van der Waals surface area (Å²) in [4.78, 5) is 11.3. The summed E-state index contributed by atoms with van der Waals surface area (Å²) < 4.78 is 27.4.